The molecule has 8 heteroatoms. The average molecular weight is 343 g/mol. The molecule has 1 heterocycles. The molecule has 1 saturated heterocycles. The Hall–Kier alpha value is -1.96. The van der Waals surface area contributed by atoms with E-state index in [-0.39, 0.29) is 23.6 Å². The first-order valence-electron chi connectivity index (χ1n) is 7.16. The van der Waals surface area contributed by atoms with Gasteiger partial charge >= 0.3 is 5.97 Å². The minimum Gasteiger partial charge on any atom is -0.452 e. The van der Waals surface area contributed by atoms with Gasteiger partial charge in [-0.1, -0.05) is 6.07 Å². The van der Waals surface area contributed by atoms with Crippen molar-refractivity contribution >= 4 is 27.4 Å². The van der Waals surface area contributed by atoms with Gasteiger partial charge in [0, 0.05) is 5.69 Å². The van der Waals surface area contributed by atoms with Crippen LogP contribution in [0, 0.1) is 18.7 Å². The average Bonchev–Trinajstić information content (AvgIpc) is 2.83. The zero-order valence-corrected chi connectivity index (χ0v) is 13.7. The van der Waals surface area contributed by atoms with E-state index in [1.54, 1.807) is 6.92 Å². The number of esters is 1. The summed E-state index contributed by atoms with van der Waals surface area (Å²) in [5, 5.41) is 2.45. The SMILES string of the molecule is Cc1ccc(NC(=O)[C@H](C)OC(=O)[C@@H]2CCS(=O)(=O)C2)cc1F. The van der Waals surface area contributed by atoms with Crippen molar-refractivity contribution in [3.05, 3.63) is 29.6 Å². The lowest BCUT2D eigenvalue weighted by Crippen LogP contribution is -2.32. The monoisotopic (exact) mass is 343 g/mol. The Bertz CT molecular complexity index is 731. The molecule has 0 unspecified atom stereocenters. The van der Waals surface area contributed by atoms with Crippen molar-refractivity contribution < 1.29 is 27.1 Å². The molecule has 1 fully saturated rings. The summed E-state index contributed by atoms with van der Waals surface area (Å²) in [6.07, 6.45) is -0.895. The van der Waals surface area contributed by atoms with Gasteiger partial charge in [-0.15, -0.1) is 0 Å². The predicted molar refractivity (Wildman–Crippen MR) is 82.1 cm³/mol. The van der Waals surface area contributed by atoms with Gasteiger partial charge in [0.15, 0.2) is 15.9 Å². The van der Waals surface area contributed by atoms with Gasteiger partial charge in [0.25, 0.3) is 5.91 Å². The number of anilines is 1. The Kier molecular flexibility index (Phi) is 5.03. The first-order chi connectivity index (χ1) is 10.7. The summed E-state index contributed by atoms with van der Waals surface area (Å²) in [5.74, 6) is -2.79. The molecule has 1 aromatic rings. The second kappa shape index (κ2) is 6.66. The summed E-state index contributed by atoms with van der Waals surface area (Å²) in [6, 6.07) is 4.23. The predicted octanol–water partition coefficient (Wildman–Crippen LogP) is 1.44. The Morgan fingerprint density at radius 1 is 1.39 bits per heavy atom. The molecule has 126 valence electrons. The number of amides is 1. The molecule has 0 spiro atoms. The normalized spacial score (nSPS) is 20.7. The summed E-state index contributed by atoms with van der Waals surface area (Å²) < 4.78 is 41.1. The van der Waals surface area contributed by atoms with Crippen LogP contribution in [0.15, 0.2) is 18.2 Å². The van der Waals surface area contributed by atoms with E-state index in [2.05, 4.69) is 5.32 Å². The van der Waals surface area contributed by atoms with Crippen LogP contribution in [-0.2, 0) is 24.2 Å². The summed E-state index contributed by atoms with van der Waals surface area (Å²) >= 11 is 0. The number of hydrogen-bond acceptors (Lipinski definition) is 5. The highest BCUT2D eigenvalue weighted by Gasteiger charge is 2.35. The molecular weight excluding hydrogens is 325 g/mol. The number of ether oxygens (including phenoxy) is 1. The van der Waals surface area contributed by atoms with Crippen LogP contribution < -0.4 is 5.32 Å². The molecule has 0 bridgehead atoms. The van der Waals surface area contributed by atoms with Crippen molar-refractivity contribution in [2.24, 2.45) is 5.92 Å². The molecule has 0 radical (unpaired) electrons. The zero-order chi connectivity index (χ0) is 17.2. The lowest BCUT2D eigenvalue weighted by Gasteiger charge is -2.15. The molecular formula is C15H18FNO5S. The number of sulfone groups is 1. The molecule has 6 nitrogen and oxygen atoms in total. The highest BCUT2D eigenvalue weighted by Crippen LogP contribution is 2.20. The van der Waals surface area contributed by atoms with Gasteiger partial charge < -0.3 is 10.1 Å². The Morgan fingerprint density at radius 3 is 2.65 bits per heavy atom. The molecule has 1 aliphatic heterocycles. The van der Waals surface area contributed by atoms with E-state index in [1.165, 1.54) is 25.1 Å². The standard InChI is InChI=1S/C15H18FNO5S/c1-9-3-4-12(7-13(9)16)17-14(18)10(2)22-15(19)11-5-6-23(20,21)8-11/h3-4,7,10-11H,5-6,8H2,1-2H3,(H,17,18)/t10-,11+/m0/s1. The van der Waals surface area contributed by atoms with E-state index in [0.29, 0.717) is 5.56 Å². The first kappa shape index (κ1) is 17.4. The van der Waals surface area contributed by atoms with Gasteiger partial charge in [-0.2, -0.15) is 0 Å². The number of nitrogens with one attached hydrogen (secondary N) is 1. The third kappa shape index (κ3) is 4.51. The quantitative estimate of drug-likeness (QED) is 0.836. The fourth-order valence-electron chi connectivity index (χ4n) is 2.22. The Morgan fingerprint density at radius 2 is 2.09 bits per heavy atom. The summed E-state index contributed by atoms with van der Waals surface area (Å²) in [7, 11) is -3.20. The first-order valence-corrected chi connectivity index (χ1v) is 8.98. The van der Waals surface area contributed by atoms with Crippen LogP contribution in [0.3, 0.4) is 0 Å². The molecule has 2 atom stereocenters. The molecule has 1 amide bonds. The fourth-order valence-corrected chi connectivity index (χ4v) is 3.95. The van der Waals surface area contributed by atoms with Crippen LogP contribution in [0.1, 0.15) is 18.9 Å². The second-order valence-corrected chi connectivity index (χ2v) is 7.86. The second-order valence-electron chi connectivity index (χ2n) is 5.63. The smallest absolute Gasteiger partial charge is 0.310 e. The van der Waals surface area contributed by atoms with Crippen LogP contribution in [0.2, 0.25) is 0 Å². The molecule has 0 aromatic heterocycles. The molecule has 1 aliphatic rings. The number of carbonyl (C=O) groups excluding carboxylic acids is 2. The van der Waals surface area contributed by atoms with Crippen molar-refractivity contribution in [2.45, 2.75) is 26.4 Å². The van der Waals surface area contributed by atoms with Crippen LogP contribution in [-0.4, -0.2) is 37.9 Å². The third-order valence-corrected chi connectivity index (χ3v) is 5.44. The van der Waals surface area contributed by atoms with Gasteiger partial charge in [0.2, 0.25) is 0 Å². The Balaban J connectivity index is 1.92. The highest BCUT2D eigenvalue weighted by atomic mass is 32.2. The summed E-state index contributed by atoms with van der Waals surface area (Å²) in [5.41, 5.74) is 0.703. The minimum atomic E-state index is -3.20. The minimum absolute atomic E-state index is 0.0456. The number of hydrogen-bond donors (Lipinski definition) is 1. The summed E-state index contributed by atoms with van der Waals surface area (Å²) in [4.78, 5) is 23.8. The van der Waals surface area contributed by atoms with E-state index >= 15 is 0 Å². The molecule has 1 aromatic carbocycles. The van der Waals surface area contributed by atoms with E-state index in [9.17, 15) is 22.4 Å². The molecule has 0 saturated carbocycles. The third-order valence-electron chi connectivity index (χ3n) is 3.67. The number of carbonyl (C=O) groups is 2. The van der Waals surface area contributed by atoms with Crippen molar-refractivity contribution in [1.29, 1.82) is 0 Å². The van der Waals surface area contributed by atoms with Gasteiger partial charge in [0.1, 0.15) is 5.82 Å². The zero-order valence-electron chi connectivity index (χ0n) is 12.8. The maximum atomic E-state index is 13.4. The maximum absolute atomic E-state index is 13.4. The van der Waals surface area contributed by atoms with Crippen molar-refractivity contribution in [3.63, 3.8) is 0 Å². The van der Waals surface area contributed by atoms with Crippen LogP contribution in [0.5, 0.6) is 0 Å². The molecule has 23 heavy (non-hydrogen) atoms. The van der Waals surface area contributed by atoms with Crippen LogP contribution in [0.4, 0.5) is 10.1 Å². The van der Waals surface area contributed by atoms with E-state index in [1.807, 2.05) is 0 Å². The Labute approximate surface area is 133 Å². The number of rotatable bonds is 4. The van der Waals surface area contributed by atoms with Gasteiger partial charge in [-0.3, -0.25) is 9.59 Å². The summed E-state index contributed by atoms with van der Waals surface area (Å²) in [6.45, 7) is 2.97. The van der Waals surface area contributed by atoms with Crippen molar-refractivity contribution in [2.75, 3.05) is 16.8 Å². The fraction of sp³-hybridized carbons (Fsp3) is 0.467. The number of halogens is 1. The number of aryl methyl sites for hydroxylation is 1. The van der Waals surface area contributed by atoms with E-state index in [4.69, 9.17) is 4.74 Å². The van der Waals surface area contributed by atoms with Crippen LogP contribution >= 0.6 is 0 Å². The lowest BCUT2D eigenvalue weighted by atomic mass is 10.1. The van der Waals surface area contributed by atoms with E-state index in [0.717, 1.165) is 0 Å². The molecule has 2 rings (SSSR count). The lowest BCUT2D eigenvalue weighted by molar-refractivity contribution is -0.156. The van der Waals surface area contributed by atoms with E-state index < -0.39 is 39.6 Å². The van der Waals surface area contributed by atoms with Crippen molar-refractivity contribution in [3.8, 4) is 0 Å². The van der Waals surface area contributed by atoms with Gasteiger partial charge in [0.05, 0.1) is 17.4 Å². The van der Waals surface area contributed by atoms with Gasteiger partial charge in [-0.05, 0) is 38.0 Å². The highest BCUT2D eigenvalue weighted by molar-refractivity contribution is 7.91. The largest absolute Gasteiger partial charge is 0.452 e. The maximum Gasteiger partial charge on any atom is 0.310 e. The van der Waals surface area contributed by atoms with Gasteiger partial charge in [-0.25, -0.2) is 12.8 Å². The number of benzene rings is 1. The van der Waals surface area contributed by atoms with Crippen molar-refractivity contribution in [1.82, 2.24) is 0 Å². The molecule has 0 aliphatic carbocycles. The molecule has 1 N–H and O–H groups in total. The van der Waals surface area contributed by atoms with Crippen LogP contribution in [0.25, 0.3) is 0 Å². The topological polar surface area (TPSA) is 89.5 Å².